The van der Waals surface area contributed by atoms with E-state index in [4.69, 9.17) is 0 Å². The Balaban J connectivity index is 0. The van der Waals surface area contributed by atoms with Gasteiger partial charge in [0.05, 0.1) is 0 Å². The van der Waals surface area contributed by atoms with Gasteiger partial charge < -0.3 is 10.1 Å². The van der Waals surface area contributed by atoms with Crippen molar-refractivity contribution in [2.75, 3.05) is 0 Å². The Morgan fingerprint density at radius 2 is 1.65 bits per heavy atom. The number of benzene rings is 1. The third kappa shape index (κ3) is 8.15. The standard InChI is InChI=1S/C12H16NO.C2H6.W/c1-9-4-10(2)6-12(5-9)7-11(3)13-8-14;1-2;/h4-6,11H,7H2,1-3H3,(H,13,14);1-2H3;/q-1;;/t11-;;/m1../s1. The number of hydrogen-bond donors (Lipinski definition) is 1. The normalized spacial score (nSPS) is 10.4. The molecule has 17 heavy (non-hydrogen) atoms. The van der Waals surface area contributed by atoms with Crippen LogP contribution in [0.15, 0.2) is 18.2 Å². The second kappa shape index (κ2) is 10.5. The van der Waals surface area contributed by atoms with Crippen molar-refractivity contribution in [3.05, 3.63) is 34.9 Å². The van der Waals surface area contributed by atoms with Gasteiger partial charge in [-0.2, -0.15) is 6.41 Å². The van der Waals surface area contributed by atoms with Gasteiger partial charge in [0, 0.05) is 21.1 Å². The first-order valence-corrected chi connectivity index (χ1v) is 5.81. The van der Waals surface area contributed by atoms with Crippen LogP contribution >= 0.6 is 0 Å². The number of rotatable bonds is 4. The Kier molecular flexibility index (Phi) is 11.6. The van der Waals surface area contributed by atoms with Crippen molar-refractivity contribution in [3.8, 4) is 0 Å². The summed E-state index contributed by atoms with van der Waals surface area (Å²) in [7, 11) is 0. The summed E-state index contributed by atoms with van der Waals surface area (Å²) in [5.74, 6) is 0. The second-order valence-corrected chi connectivity index (χ2v) is 3.85. The van der Waals surface area contributed by atoms with E-state index < -0.39 is 0 Å². The van der Waals surface area contributed by atoms with Crippen LogP contribution < -0.4 is 5.32 Å². The van der Waals surface area contributed by atoms with Crippen LogP contribution in [-0.4, -0.2) is 12.5 Å². The van der Waals surface area contributed by atoms with Crippen LogP contribution in [0.5, 0.6) is 0 Å². The van der Waals surface area contributed by atoms with Gasteiger partial charge in [-0.15, -0.1) is 0 Å². The zero-order valence-electron chi connectivity index (χ0n) is 11.3. The quantitative estimate of drug-likeness (QED) is 0.607. The summed E-state index contributed by atoms with van der Waals surface area (Å²) in [6.07, 6.45) is 2.58. The average molecular weight is 404 g/mol. The van der Waals surface area contributed by atoms with Crippen molar-refractivity contribution in [3.63, 3.8) is 0 Å². The van der Waals surface area contributed by atoms with E-state index in [-0.39, 0.29) is 27.1 Å². The zero-order chi connectivity index (χ0) is 12.6. The van der Waals surface area contributed by atoms with Gasteiger partial charge in [-0.05, 0) is 38.8 Å². The molecule has 1 rings (SSSR count). The minimum absolute atomic E-state index is 0. The Morgan fingerprint density at radius 3 is 2.06 bits per heavy atom. The maximum Gasteiger partial charge on any atom is 0 e. The van der Waals surface area contributed by atoms with Crippen LogP contribution in [0.4, 0.5) is 0 Å². The van der Waals surface area contributed by atoms with E-state index in [1.165, 1.54) is 16.7 Å². The number of hydrogen-bond acceptors (Lipinski definition) is 1. The minimum atomic E-state index is 0. The monoisotopic (exact) mass is 404 g/mol. The summed E-state index contributed by atoms with van der Waals surface area (Å²) in [6, 6.07) is 6.59. The molecule has 1 aromatic carbocycles. The van der Waals surface area contributed by atoms with Crippen molar-refractivity contribution < 1.29 is 25.9 Å². The fraction of sp³-hybridized carbons (Fsp3) is 0.500. The van der Waals surface area contributed by atoms with Crippen molar-refractivity contribution in [1.82, 2.24) is 5.32 Å². The van der Waals surface area contributed by atoms with E-state index >= 15 is 0 Å². The molecular weight excluding hydrogens is 382 g/mol. The van der Waals surface area contributed by atoms with Gasteiger partial charge in [0.1, 0.15) is 0 Å². The van der Waals surface area contributed by atoms with E-state index in [1.54, 1.807) is 6.41 Å². The number of amides is 1. The van der Waals surface area contributed by atoms with Crippen LogP contribution in [0.1, 0.15) is 37.5 Å². The molecule has 0 heterocycles. The van der Waals surface area contributed by atoms with E-state index in [1.807, 2.05) is 20.8 Å². The van der Waals surface area contributed by atoms with Gasteiger partial charge in [0.25, 0.3) is 0 Å². The summed E-state index contributed by atoms with van der Waals surface area (Å²) in [5.41, 5.74) is 3.79. The predicted octanol–water partition coefficient (Wildman–Crippen LogP) is 2.91. The molecule has 3 heteroatoms. The summed E-state index contributed by atoms with van der Waals surface area (Å²) in [5, 5.41) is 2.63. The summed E-state index contributed by atoms with van der Waals surface area (Å²) in [4.78, 5) is 10.1. The van der Waals surface area contributed by atoms with Crippen LogP contribution in [-0.2, 0) is 32.3 Å². The summed E-state index contributed by atoms with van der Waals surface area (Å²) in [6.45, 7) is 10.1. The maximum absolute atomic E-state index is 10.1. The predicted molar refractivity (Wildman–Crippen MR) is 69.3 cm³/mol. The molecule has 2 nitrogen and oxygen atoms in total. The number of aryl methyl sites for hydroxylation is 2. The van der Waals surface area contributed by atoms with E-state index in [9.17, 15) is 4.79 Å². The molecule has 0 aliphatic heterocycles. The van der Waals surface area contributed by atoms with Gasteiger partial charge in [-0.3, -0.25) is 0 Å². The molecule has 0 radical (unpaired) electrons. The van der Waals surface area contributed by atoms with Gasteiger partial charge in [0.15, 0.2) is 0 Å². The van der Waals surface area contributed by atoms with Crippen molar-refractivity contribution in [2.45, 2.75) is 47.1 Å². The number of nitrogens with one attached hydrogen (secondary N) is 1. The smallest absolute Gasteiger partial charge is 0 e. The SMILES string of the molecule is CC.Cc1cc(C)cc(C[C@@H](C)N[C-]=O)c1.[W]. The molecule has 0 spiro atoms. The molecule has 0 aliphatic rings. The van der Waals surface area contributed by atoms with Crippen molar-refractivity contribution in [2.24, 2.45) is 0 Å². The topological polar surface area (TPSA) is 29.1 Å². The number of carbonyl (C=O) groups excluding carboxylic acids is 1. The molecule has 0 bridgehead atoms. The van der Waals surface area contributed by atoms with Crippen molar-refractivity contribution in [1.29, 1.82) is 0 Å². The second-order valence-electron chi connectivity index (χ2n) is 3.85. The molecule has 0 fully saturated rings. The first-order valence-electron chi connectivity index (χ1n) is 5.81. The third-order valence-corrected chi connectivity index (χ3v) is 2.13. The van der Waals surface area contributed by atoms with Gasteiger partial charge >= 0.3 is 0 Å². The van der Waals surface area contributed by atoms with E-state index in [0.717, 1.165) is 6.42 Å². The Hall–Kier alpha value is -0.622. The molecule has 0 saturated heterocycles. The Labute approximate surface area is 119 Å². The average Bonchev–Trinajstić information content (AvgIpc) is 2.19. The molecule has 0 saturated carbocycles. The first-order chi connectivity index (χ1) is 7.61. The van der Waals surface area contributed by atoms with Gasteiger partial charge in [-0.1, -0.05) is 43.2 Å². The molecule has 1 N–H and O–H groups in total. The zero-order valence-corrected chi connectivity index (χ0v) is 14.3. The Bertz CT molecular complexity index is 306. The van der Waals surface area contributed by atoms with Gasteiger partial charge in [-0.25, -0.2) is 0 Å². The first kappa shape index (κ1) is 18.7. The van der Waals surface area contributed by atoms with E-state index in [0.29, 0.717) is 0 Å². The largest absolute Gasteiger partial charge is 0.527 e. The molecule has 96 valence electrons. The molecule has 1 atom stereocenters. The van der Waals surface area contributed by atoms with Crippen LogP contribution in [0.25, 0.3) is 0 Å². The summed E-state index contributed by atoms with van der Waals surface area (Å²) >= 11 is 0. The maximum atomic E-state index is 10.1. The van der Waals surface area contributed by atoms with Crippen LogP contribution in [0, 0.1) is 13.8 Å². The fourth-order valence-corrected chi connectivity index (χ4v) is 1.69. The third-order valence-electron chi connectivity index (χ3n) is 2.13. The fourth-order valence-electron chi connectivity index (χ4n) is 1.69. The van der Waals surface area contributed by atoms with Crippen LogP contribution in [0.2, 0.25) is 0 Å². The van der Waals surface area contributed by atoms with Crippen molar-refractivity contribution >= 4 is 6.41 Å². The molecule has 1 aromatic rings. The Morgan fingerprint density at radius 1 is 1.18 bits per heavy atom. The summed E-state index contributed by atoms with van der Waals surface area (Å²) < 4.78 is 0. The minimum Gasteiger partial charge on any atom is -0.527 e. The molecular formula is C14H22NOW-. The molecule has 1 amide bonds. The molecule has 0 aromatic heterocycles. The van der Waals surface area contributed by atoms with Crippen LogP contribution in [0.3, 0.4) is 0 Å². The molecule has 0 aliphatic carbocycles. The molecule has 0 unspecified atom stereocenters. The van der Waals surface area contributed by atoms with Gasteiger partial charge in [0.2, 0.25) is 0 Å². The van der Waals surface area contributed by atoms with E-state index in [2.05, 4.69) is 37.4 Å².